The summed E-state index contributed by atoms with van der Waals surface area (Å²) in [6.07, 6.45) is 2.62. The Morgan fingerprint density at radius 2 is 1.68 bits per heavy atom. The fourth-order valence-corrected chi connectivity index (χ4v) is 3.43. The highest BCUT2D eigenvalue weighted by Gasteiger charge is 2.26. The Morgan fingerprint density at radius 3 is 2.20 bits per heavy atom. The smallest absolute Gasteiger partial charge is 0.404 e. The molecule has 2 rings (SSSR count). The molecule has 2 aromatic rings. The fraction of sp³-hybridized carbons (Fsp3) is 0.400. The largest absolute Gasteiger partial charge is 0.524 e. The van der Waals surface area contributed by atoms with Crippen molar-refractivity contribution in [2.45, 2.75) is 52.4 Å². The molecule has 0 saturated carbocycles. The van der Waals surface area contributed by atoms with Crippen molar-refractivity contribution in [3.63, 3.8) is 0 Å². The van der Waals surface area contributed by atoms with E-state index in [4.69, 9.17) is 4.52 Å². The molecule has 2 N–H and O–H groups in total. The molecule has 0 bridgehead atoms. The molecule has 0 unspecified atom stereocenters. The average molecular weight is 362 g/mol. The van der Waals surface area contributed by atoms with Crippen LogP contribution in [0, 0.1) is 0 Å². The number of phosphoric ester groups is 1. The van der Waals surface area contributed by atoms with Crippen molar-refractivity contribution in [1.82, 2.24) is 0 Å². The maximum Gasteiger partial charge on any atom is 0.524 e. The van der Waals surface area contributed by atoms with Gasteiger partial charge in [0, 0.05) is 5.56 Å². The first-order chi connectivity index (χ1) is 11.6. The molecule has 25 heavy (non-hydrogen) atoms. The van der Waals surface area contributed by atoms with Crippen LogP contribution < -0.4 is 4.52 Å². The SMILES string of the molecule is CCCCc1c(OP(=O)(O)O)ccc(C(C)(C)C)c1-c1ccccc1. The first-order valence-electron chi connectivity index (χ1n) is 8.60. The predicted octanol–water partition coefficient (Wildman–Crippen LogP) is 5.47. The first kappa shape index (κ1) is 19.7. The van der Waals surface area contributed by atoms with Gasteiger partial charge in [-0.15, -0.1) is 0 Å². The number of hydrogen-bond acceptors (Lipinski definition) is 2. The van der Waals surface area contributed by atoms with Crippen LogP contribution in [0.15, 0.2) is 42.5 Å². The maximum absolute atomic E-state index is 11.4. The van der Waals surface area contributed by atoms with Gasteiger partial charge in [-0.2, -0.15) is 0 Å². The molecule has 0 aliphatic heterocycles. The molecule has 0 saturated heterocycles. The van der Waals surface area contributed by atoms with Gasteiger partial charge in [0.1, 0.15) is 5.75 Å². The van der Waals surface area contributed by atoms with Crippen LogP contribution in [0.5, 0.6) is 5.75 Å². The van der Waals surface area contributed by atoms with Crippen LogP contribution in [-0.4, -0.2) is 9.79 Å². The molecular formula is C20H27O4P. The monoisotopic (exact) mass is 362 g/mol. The van der Waals surface area contributed by atoms with Crippen molar-refractivity contribution in [3.05, 3.63) is 53.6 Å². The normalized spacial score (nSPS) is 12.2. The van der Waals surface area contributed by atoms with Gasteiger partial charge in [-0.3, -0.25) is 9.79 Å². The van der Waals surface area contributed by atoms with Gasteiger partial charge >= 0.3 is 7.82 Å². The molecule has 0 aliphatic carbocycles. The molecule has 0 fully saturated rings. The number of unbranched alkanes of at least 4 members (excludes halogenated alkanes) is 1. The van der Waals surface area contributed by atoms with Crippen molar-refractivity contribution in [3.8, 4) is 16.9 Å². The topological polar surface area (TPSA) is 66.8 Å². The third-order valence-electron chi connectivity index (χ3n) is 4.14. The summed E-state index contributed by atoms with van der Waals surface area (Å²) in [4.78, 5) is 18.6. The number of benzene rings is 2. The van der Waals surface area contributed by atoms with Gasteiger partial charge in [0.15, 0.2) is 0 Å². The van der Waals surface area contributed by atoms with Gasteiger partial charge in [0.2, 0.25) is 0 Å². The summed E-state index contributed by atoms with van der Waals surface area (Å²) < 4.78 is 16.5. The van der Waals surface area contributed by atoms with E-state index in [1.54, 1.807) is 6.07 Å². The average Bonchev–Trinajstić information content (AvgIpc) is 2.51. The van der Waals surface area contributed by atoms with Gasteiger partial charge < -0.3 is 4.52 Å². The molecule has 0 atom stereocenters. The lowest BCUT2D eigenvalue weighted by Gasteiger charge is -2.27. The van der Waals surface area contributed by atoms with Crippen molar-refractivity contribution in [1.29, 1.82) is 0 Å². The van der Waals surface area contributed by atoms with E-state index in [0.29, 0.717) is 6.42 Å². The summed E-state index contributed by atoms with van der Waals surface area (Å²) in [5, 5.41) is 0. The summed E-state index contributed by atoms with van der Waals surface area (Å²) in [5.74, 6) is 0.272. The second-order valence-electron chi connectivity index (χ2n) is 7.27. The zero-order valence-electron chi connectivity index (χ0n) is 15.3. The minimum absolute atomic E-state index is 0.104. The lowest BCUT2D eigenvalue weighted by molar-refractivity contribution is 0.282. The Hall–Kier alpha value is -1.61. The molecule has 2 aromatic carbocycles. The van der Waals surface area contributed by atoms with Crippen LogP contribution in [0.4, 0.5) is 0 Å². The summed E-state index contributed by atoms with van der Waals surface area (Å²) in [6, 6.07) is 13.6. The first-order valence-corrected chi connectivity index (χ1v) is 10.1. The van der Waals surface area contributed by atoms with Crippen molar-refractivity contribution < 1.29 is 18.9 Å². The zero-order chi connectivity index (χ0) is 18.7. The highest BCUT2D eigenvalue weighted by atomic mass is 31.2. The van der Waals surface area contributed by atoms with E-state index < -0.39 is 7.82 Å². The second kappa shape index (κ2) is 7.74. The molecule has 4 nitrogen and oxygen atoms in total. The highest BCUT2D eigenvalue weighted by molar-refractivity contribution is 7.46. The molecular weight excluding hydrogens is 335 g/mol. The maximum atomic E-state index is 11.4. The van der Waals surface area contributed by atoms with Crippen molar-refractivity contribution >= 4 is 7.82 Å². The second-order valence-corrected chi connectivity index (χ2v) is 8.43. The van der Waals surface area contributed by atoms with E-state index in [9.17, 15) is 14.4 Å². The molecule has 0 amide bonds. The third-order valence-corrected chi connectivity index (χ3v) is 4.57. The van der Waals surface area contributed by atoms with Gasteiger partial charge in [-0.25, -0.2) is 4.57 Å². The summed E-state index contributed by atoms with van der Waals surface area (Å²) in [7, 11) is -4.61. The van der Waals surface area contributed by atoms with Crippen LogP contribution >= 0.6 is 7.82 Å². The zero-order valence-corrected chi connectivity index (χ0v) is 16.2. The van der Waals surface area contributed by atoms with Crippen molar-refractivity contribution in [2.75, 3.05) is 0 Å². The molecule has 136 valence electrons. The minimum Gasteiger partial charge on any atom is -0.404 e. The summed E-state index contributed by atoms with van der Waals surface area (Å²) in [6.45, 7) is 8.52. The Bertz CT molecular complexity index is 757. The standard InChI is InChI=1S/C20H27O4P/c1-5-6-12-16-18(24-25(21,22)23)14-13-17(20(2,3)4)19(16)15-10-8-7-9-11-15/h7-11,13-14H,5-6,12H2,1-4H3,(H2,21,22,23). The van der Waals surface area contributed by atoms with E-state index in [0.717, 1.165) is 35.1 Å². The van der Waals surface area contributed by atoms with Gasteiger partial charge in [0.05, 0.1) is 0 Å². The van der Waals surface area contributed by atoms with Gasteiger partial charge in [0.25, 0.3) is 0 Å². The van der Waals surface area contributed by atoms with Crippen LogP contribution in [0.3, 0.4) is 0 Å². The van der Waals surface area contributed by atoms with Crippen LogP contribution in [0.2, 0.25) is 0 Å². The van der Waals surface area contributed by atoms with E-state index in [1.165, 1.54) is 0 Å². The quantitative estimate of drug-likeness (QED) is 0.669. The van der Waals surface area contributed by atoms with Gasteiger partial charge in [-0.1, -0.05) is 70.5 Å². The van der Waals surface area contributed by atoms with E-state index in [1.807, 2.05) is 36.4 Å². The predicted molar refractivity (Wildman–Crippen MR) is 102 cm³/mol. The molecule has 0 radical (unpaired) electrons. The molecule has 0 spiro atoms. The lowest BCUT2D eigenvalue weighted by atomic mass is 9.79. The summed E-state index contributed by atoms with van der Waals surface area (Å²) >= 11 is 0. The Balaban J connectivity index is 2.76. The van der Waals surface area contributed by atoms with E-state index in [-0.39, 0.29) is 11.2 Å². The fourth-order valence-electron chi connectivity index (χ4n) is 3.00. The third kappa shape index (κ3) is 5.18. The van der Waals surface area contributed by atoms with Crippen molar-refractivity contribution in [2.24, 2.45) is 0 Å². The molecule has 0 aliphatic rings. The molecule has 0 aromatic heterocycles. The molecule has 5 heteroatoms. The Kier molecular flexibility index (Phi) is 6.10. The number of phosphoric acid groups is 1. The lowest BCUT2D eigenvalue weighted by Crippen LogP contribution is -2.14. The van der Waals surface area contributed by atoms with E-state index >= 15 is 0 Å². The number of hydrogen-bond donors (Lipinski definition) is 2. The van der Waals surface area contributed by atoms with Gasteiger partial charge in [-0.05, 0) is 41.0 Å². The van der Waals surface area contributed by atoms with E-state index in [2.05, 4.69) is 27.7 Å². The minimum atomic E-state index is -4.61. The highest BCUT2D eigenvalue weighted by Crippen LogP contribution is 2.45. The Morgan fingerprint density at radius 1 is 1.04 bits per heavy atom. The van der Waals surface area contributed by atoms with Crippen LogP contribution in [0.25, 0.3) is 11.1 Å². The van der Waals surface area contributed by atoms with Crippen LogP contribution in [0.1, 0.15) is 51.7 Å². The summed E-state index contributed by atoms with van der Waals surface area (Å²) in [5.41, 5.74) is 3.96. The Labute approximate surface area is 150 Å². The number of rotatable bonds is 6. The van der Waals surface area contributed by atoms with Crippen LogP contribution in [-0.2, 0) is 16.4 Å². The molecule has 0 heterocycles.